The van der Waals surface area contributed by atoms with Crippen molar-refractivity contribution in [3.05, 3.63) is 77.6 Å². The second-order valence-electron chi connectivity index (χ2n) is 9.58. The van der Waals surface area contributed by atoms with E-state index in [1.165, 1.54) is 11.3 Å². The van der Waals surface area contributed by atoms with Gasteiger partial charge in [-0.15, -0.1) is 11.3 Å². The van der Waals surface area contributed by atoms with Crippen molar-refractivity contribution in [3.63, 3.8) is 0 Å². The number of hydrogen-bond donors (Lipinski definition) is 3. The Balaban J connectivity index is 1.23. The van der Waals surface area contributed by atoms with E-state index in [1.54, 1.807) is 12.3 Å². The van der Waals surface area contributed by atoms with Crippen LogP contribution in [0.15, 0.2) is 66.9 Å². The predicted molar refractivity (Wildman–Crippen MR) is 150 cm³/mol. The van der Waals surface area contributed by atoms with Crippen LogP contribution < -0.4 is 20.5 Å². The molecule has 6 rings (SSSR count). The number of anilines is 1. The number of nitrogen functional groups attached to an aromatic ring is 1. The number of benzene rings is 3. The van der Waals surface area contributed by atoms with E-state index in [4.69, 9.17) is 20.9 Å². The zero-order chi connectivity index (χ0) is 28.7. The van der Waals surface area contributed by atoms with E-state index >= 15 is 0 Å². The van der Waals surface area contributed by atoms with Gasteiger partial charge >= 0.3 is 6.61 Å². The molecular weight excluding hydrogens is 555 g/mol. The van der Waals surface area contributed by atoms with Crippen LogP contribution in [0.25, 0.3) is 32.4 Å². The molecule has 1 fully saturated rings. The summed E-state index contributed by atoms with van der Waals surface area (Å²) in [6, 6.07) is 16.4. The van der Waals surface area contributed by atoms with Gasteiger partial charge in [-0.2, -0.15) is 8.78 Å². The van der Waals surface area contributed by atoms with E-state index in [9.17, 15) is 18.0 Å². The number of nitrogens with one attached hydrogen (secondary N) is 2. The molecule has 2 heterocycles. The number of amides is 1. The fraction of sp³-hybridized carbons (Fsp3) is 0.172. The monoisotopic (exact) mass is 577 g/mol. The quantitative estimate of drug-likeness (QED) is 0.112. The molecule has 0 bridgehead atoms. The number of aromatic nitrogens is 2. The number of carbonyl (C=O) groups is 1. The number of fused-ring (bicyclic) bond motifs is 2. The van der Waals surface area contributed by atoms with Crippen LogP contribution in [0, 0.1) is 17.1 Å². The van der Waals surface area contributed by atoms with Crippen LogP contribution in [0.1, 0.15) is 17.7 Å². The van der Waals surface area contributed by atoms with Crippen LogP contribution in [-0.2, 0) is 4.79 Å². The first kappa shape index (κ1) is 26.5. The predicted octanol–water partition coefficient (Wildman–Crippen LogP) is 6.33. The molecule has 0 saturated heterocycles. The molecule has 0 radical (unpaired) electrons. The molecule has 8 nitrogen and oxygen atoms in total. The Hall–Kier alpha value is -4.71. The standard InChI is InChI=1S/C29H22F3N5O3S/c30-16-5-6-23(40-29(31)32)24(10-16)39-18-7-15(8-18)27(38)36-17-11-20(28-35-13-25(41-28)26(33)34)19-9-14-3-1-2-4-21(14)37-22(19)12-17/h1-6,9-13,15,18,29H,7-8H2,(H3,33,34)(H,36,38). The second kappa shape index (κ2) is 10.7. The molecule has 0 atom stereocenters. The van der Waals surface area contributed by atoms with Gasteiger partial charge in [0, 0.05) is 40.2 Å². The van der Waals surface area contributed by atoms with Crippen molar-refractivity contribution >= 4 is 50.6 Å². The summed E-state index contributed by atoms with van der Waals surface area (Å²) < 4.78 is 49.2. The third kappa shape index (κ3) is 5.50. The van der Waals surface area contributed by atoms with Crippen LogP contribution in [0.4, 0.5) is 18.9 Å². The van der Waals surface area contributed by atoms with Gasteiger partial charge in [0.15, 0.2) is 11.5 Å². The van der Waals surface area contributed by atoms with E-state index in [-0.39, 0.29) is 23.2 Å². The van der Waals surface area contributed by atoms with E-state index in [0.29, 0.717) is 33.9 Å². The Labute approximate surface area is 235 Å². The Morgan fingerprint density at radius 1 is 1.07 bits per heavy atom. The van der Waals surface area contributed by atoms with Gasteiger partial charge in [0.2, 0.25) is 5.91 Å². The number of nitrogens with zero attached hydrogens (tertiary/aromatic N) is 2. The zero-order valence-electron chi connectivity index (χ0n) is 21.2. The van der Waals surface area contributed by atoms with Gasteiger partial charge in [-0.1, -0.05) is 18.2 Å². The number of thiazole rings is 1. The lowest BCUT2D eigenvalue weighted by Crippen LogP contribution is -2.40. The minimum Gasteiger partial charge on any atom is -0.486 e. The summed E-state index contributed by atoms with van der Waals surface area (Å²) in [4.78, 5) is 22.9. The van der Waals surface area contributed by atoms with Gasteiger partial charge in [-0.3, -0.25) is 10.2 Å². The molecule has 5 aromatic rings. The molecule has 0 spiro atoms. The van der Waals surface area contributed by atoms with Crippen molar-refractivity contribution in [1.29, 1.82) is 5.41 Å². The average Bonchev–Trinajstić information content (AvgIpc) is 3.41. The number of hydrogen-bond acceptors (Lipinski definition) is 7. The summed E-state index contributed by atoms with van der Waals surface area (Å²) in [7, 11) is 0. The van der Waals surface area contributed by atoms with Gasteiger partial charge < -0.3 is 20.5 Å². The lowest BCUT2D eigenvalue weighted by atomic mass is 9.81. The fourth-order valence-electron chi connectivity index (χ4n) is 4.72. The number of para-hydroxylation sites is 1. The van der Waals surface area contributed by atoms with E-state index in [2.05, 4.69) is 15.0 Å². The molecule has 2 aromatic heterocycles. The molecule has 41 heavy (non-hydrogen) atoms. The highest BCUT2D eigenvalue weighted by Crippen LogP contribution is 2.39. The van der Waals surface area contributed by atoms with E-state index < -0.39 is 24.5 Å². The molecule has 12 heteroatoms. The van der Waals surface area contributed by atoms with E-state index in [1.807, 2.05) is 36.4 Å². The molecular formula is C29H22F3N5O3S. The Morgan fingerprint density at radius 2 is 1.88 bits per heavy atom. The fourth-order valence-corrected chi connectivity index (χ4v) is 5.53. The first-order chi connectivity index (χ1) is 19.7. The van der Waals surface area contributed by atoms with Crippen LogP contribution in [0.3, 0.4) is 0 Å². The maximum atomic E-state index is 13.7. The second-order valence-corrected chi connectivity index (χ2v) is 10.6. The summed E-state index contributed by atoms with van der Waals surface area (Å²) in [6.07, 6.45) is 1.70. The summed E-state index contributed by atoms with van der Waals surface area (Å²) in [5.74, 6) is -1.80. The Kier molecular flexibility index (Phi) is 6.91. The van der Waals surface area contributed by atoms with Gasteiger partial charge in [0.1, 0.15) is 22.8 Å². The number of carbonyl (C=O) groups excluding carboxylic acids is 1. The zero-order valence-corrected chi connectivity index (χ0v) is 22.1. The molecule has 0 aliphatic heterocycles. The topological polar surface area (TPSA) is 123 Å². The maximum Gasteiger partial charge on any atom is 0.387 e. The van der Waals surface area contributed by atoms with Crippen molar-refractivity contribution in [3.8, 4) is 22.1 Å². The van der Waals surface area contributed by atoms with Crippen molar-refractivity contribution < 1.29 is 27.4 Å². The van der Waals surface area contributed by atoms with Gasteiger partial charge in [0.25, 0.3) is 0 Å². The third-order valence-electron chi connectivity index (χ3n) is 6.79. The highest BCUT2D eigenvalue weighted by atomic mass is 32.1. The number of ether oxygens (including phenoxy) is 2. The van der Waals surface area contributed by atoms with Crippen molar-refractivity contribution in [2.75, 3.05) is 5.32 Å². The third-order valence-corrected chi connectivity index (χ3v) is 7.85. The van der Waals surface area contributed by atoms with Gasteiger partial charge in [-0.05, 0) is 49.2 Å². The number of halogens is 3. The number of nitrogens with two attached hydrogens (primary N) is 1. The van der Waals surface area contributed by atoms with Crippen molar-refractivity contribution in [2.45, 2.75) is 25.6 Å². The number of pyridine rings is 1. The molecule has 1 amide bonds. The summed E-state index contributed by atoms with van der Waals surface area (Å²) in [5.41, 5.74) is 8.36. The Morgan fingerprint density at radius 3 is 2.63 bits per heavy atom. The van der Waals surface area contributed by atoms with Gasteiger partial charge in [-0.25, -0.2) is 14.4 Å². The number of rotatable bonds is 8. The summed E-state index contributed by atoms with van der Waals surface area (Å²) in [5, 5.41) is 13.1. The maximum absolute atomic E-state index is 13.7. The summed E-state index contributed by atoms with van der Waals surface area (Å²) in [6.45, 7) is -3.08. The molecule has 1 aliphatic rings. The molecule has 1 saturated carbocycles. The molecule has 3 aromatic carbocycles. The van der Waals surface area contributed by atoms with Crippen LogP contribution >= 0.6 is 11.3 Å². The van der Waals surface area contributed by atoms with Crippen molar-refractivity contribution in [1.82, 2.24) is 9.97 Å². The van der Waals surface area contributed by atoms with E-state index in [0.717, 1.165) is 40.1 Å². The van der Waals surface area contributed by atoms with Crippen LogP contribution in [-0.4, -0.2) is 34.4 Å². The Bertz CT molecular complexity index is 1810. The smallest absolute Gasteiger partial charge is 0.387 e. The first-order valence-corrected chi connectivity index (χ1v) is 13.4. The minimum atomic E-state index is -3.08. The minimum absolute atomic E-state index is 0.0843. The molecule has 208 valence electrons. The molecule has 4 N–H and O–H groups in total. The lowest BCUT2D eigenvalue weighted by Gasteiger charge is -2.34. The largest absolute Gasteiger partial charge is 0.486 e. The van der Waals surface area contributed by atoms with Crippen LogP contribution in [0.2, 0.25) is 0 Å². The molecule has 0 unspecified atom stereocenters. The normalized spacial score (nSPS) is 16.5. The van der Waals surface area contributed by atoms with Gasteiger partial charge in [0.05, 0.1) is 15.9 Å². The first-order valence-electron chi connectivity index (χ1n) is 12.6. The van der Waals surface area contributed by atoms with Crippen LogP contribution in [0.5, 0.6) is 11.5 Å². The molecule has 1 aliphatic carbocycles. The SMILES string of the molecule is N=C(N)c1cnc(-c2cc(NC(=O)C3CC(Oc4cc(F)ccc4OC(F)F)C3)cc3nc4ccccc4cc23)s1. The lowest BCUT2D eigenvalue weighted by molar-refractivity contribution is -0.125. The summed E-state index contributed by atoms with van der Waals surface area (Å²) >= 11 is 1.27. The number of alkyl halides is 2. The van der Waals surface area contributed by atoms with Crippen molar-refractivity contribution in [2.24, 2.45) is 11.7 Å². The average molecular weight is 578 g/mol. The number of amidine groups is 1. The highest BCUT2D eigenvalue weighted by molar-refractivity contribution is 7.17. The highest BCUT2D eigenvalue weighted by Gasteiger charge is 2.37.